The largest absolute Gasteiger partial charge is 0.334 e. The Morgan fingerprint density at radius 2 is 1.79 bits per heavy atom. The van der Waals surface area contributed by atoms with Crippen molar-refractivity contribution in [2.75, 3.05) is 0 Å². The van der Waals surface area contributed by atoms with Gasteiger partial charge >= 0.3 is 0 Å². The van der Waals surface area contributed by atoms with Crippen LogP contribution in [0.1, 0.15) is 0 Å². The van der Waals surface area contributed by atoms with Crippen molar-refractivity contribution in [2.24, 2.45) is 0 Å². The lowest BCUT2D eigenvalue weighted by molar-refractivity contribution is 0.432. The van der Waals surface area contributed by atoms with Gasteiger partial charge in [-0.1, -0.05) is 38.8 Å². The fourth-order valence-corrected chi connectivity index (χ4v) is 2.20. The summed E-state index contributed by atoms with van der Waals surface area (Å²) in [5.74, 6) is 1.04. The van der Waals surface area contributed by atoms with Crippen LogP contribution in [0.25, 0.3) is 22.8 Å². The van der Waals surface area contributed by atoms with Crippen molar-refractivity contribution in [3.8, 4) is 22.8 Å². The summed E-state index contributed by atoms with van der Waals surface area (Å²) < 4.78 is 6.24. The first-order valence-corrected chi connectivity index (χ1v) is 6.75. The Morgan fingerprint density at radius 3 is 2.53 bits per heavy atom. The van der Waals surface area contributed by atoms with E-state index in [1.165, 1.54) is 0 Å². The van der Waals surface area contributed by atoms with E-state index in [9.17, 15) is 0 Å². The molecule has 19 heavy (non-hydrogen) atoms. The molecule has 0 aliphatic heterocycles. The Labute approximate surface area is 123 Å². The van der Waals surface area contributed by atoms with E-state index in [-0.39, 0.29) is 0 Å². The van der Waals surface area contributed by atoms with Gasteiger partial charge in [0.1, 0.15) is 0 Å². The molecule has 0 N–H and O–H groups in total. The van der Waals surface area contributed by atoms with Gasteiger partial charge in [-0.15, -0.1) is 0 Å². The van der Waals surface area contributed by atoms with Crippen LogP contribution in [0, 0.1) is 0 Å². The molecule has 94 valence electrons. The number of hydrogen-bond donors (Lipinski definition) is 0. The molecule has 0 atom stereocenters. The topological polar surface area (TPSA) is 38.9 Å². The molecule has 0 fully saturated rings. The van der Waals surface area contributed by atoms with E-state index in [0.717, 1.165) is 15.6 Å². The van der Waals surface area contributed by atoms with E-state index in [1.54, 1.807) is 12.1 Å². The summed E-state index contributed by atoms with van der Waals surface area (Å²) in [6.07, 6.45) is 0. The van der Waals surface area contributed by atoms with Crippen LogP contribution in [-0.2, 0) is 0 Å². The van der Waals surface area contributed by atoms with Crippen LogP contribution >= 0.6 is 27.5 Å². The summed E-state index contributed by atoms with van der Waals surface area (Å²) in [5, 5.41) is 4.66. The van der Waals surface area contributed by atoms with Gasteiger partial charge in [-0.25, -0.2) is 0 Å². The molecule has 0 saturated carbocycles. The summed E-state index contributed by atoms with van der Waals surface area (Å²) in [4.78, 5) is 4.38. The van der Waals surface area contributed by atoms with Gasteiger partial charge in [-0.3, -0.25) is 0 Å². The number of hydrogen-bond acceptors (Lipinski definition) is 3. The number of nitrogens with zero attached hydrogens (tertiary/aromatic N) is 2. The molecule has 3 nitrogen and oxygen atoms in total. The molecular weight excluding hydrogens is 328 g/mol. The predicted molar refractivity (Wildman–Crippen MR) is 77.9 cm³/mol. The first-order chi connectivity index (χ1) is 9.22. The van der Waals surface area contributed by atoms with Crippen LogP contribution in [0.2, 0.25) is 5.02 Å². The zero-order valence-electron chi connectivity index (χ0n) is 9.68. The van der Waals surface area contributed by atoms with Crippen LogP contribution in [0.4, 0.5) is 0 Å². The van der Waals surface area contributed by atoms with Crippen molar-refractivity contribution < 1.29 is 4.52 Å². The lowest BCUT2D eigenvalue weighted by Gasteiger charge is -1.94. The highest BCUT2D eigenvalue weighted by molar-refractivity contribution is 9.10. The maximum atomic E-state index is 5.85. The lowest BCUT2D eigenvalue weighted by Crippen LogP contribution is -1.81. The minimum absolute atomic E-state index is 0.492. The molecule has 0 unspecified atom stereocenters. The Kier molecular flexibility index (Phi) is 3.36. The summed E-state index contributed by atoms with van der Waals surface area (Å²) in [5.41, 5.74) is 1.75. The number of benzene rings is 2. The molecular formula is C14H8BrClN2O. The van der Waals surface area contributed by atoms with E-state index in [4.69, 9.17) is 16.1 Å². The van der Waals surface area contributed by atoms with Crippen molar-refractivity contribution >= 4 is 27.5 Å². The highest BCUT2D eigenvalue weighted by atomic mass is 79.9. The molecule has 3 rings (SSSR count). The normalized spacial score (nSPS) is 10.6. The molecule has 0 amide bonds. The summed E-state index contributed by atoms with van der Waals surface area (Å²) >= 11 is 9.26. The minimum Gasteiger partial charge on any atom is -0.334 e. The van der Waals surface area contributed by atoms with Gasteiger partial charge in [0.05, 0.1) is 0 Å². The Balaban J connectivity index is 1.97. The highest BCUT2D eigenvalue weighted by Gasteiger charge is 2.10. The fraction of sp³-hybridized carbons (Fsp3) is 0. The molecule has 0 bridgehead atoms. The van der Waals surface area contributed by atoms with E-state index < -0.39 is 0 Å². The van der Waals surface area contributed by atoms with Crippen molar-refractivity contribution in [1.82, 2.24) is 10.1 Å². The average molecular weight is 336 g/mol. The SMILES string of the molecule is Clc1ccc(-c2noc(-c3cccc(Br)c3)n2)cc1. The third-order valence-electron chi connectivity index (χ3n) is 2.60. The number of halogens is 2. The second-order valence-electron chi connectivity index (χ2n) is 3.94. The standard InChI is InChI=1S/C14H8BrClN2O/c15-11-3-1-2-10(8-11)14-17-13(18-19-14)9-4-6-12(16)7-5-9/h1-8H. The Morgan fingerprint density at radius 1 is 1.00 bits per heavy atom. The maximum absolute atomic E-state index is 5.85. The van der Waals surface area contributed by atoms with Crippen molar-refractivity contribution in [3.63, 3.8) is 0 Å². The Hall–Kier alpha value is -1.65. The van der Waals surface area contributed by atoms with Crippen molar-refractivity contribution in [3.05, 3.63) is 58.0 Å². The first-order valence-electron chi connectivity index (χ1n) is 5.58. The van der Waals surface area contributed by atoms with E-state index in [2.05, 4.69) is 26.1 Å². The molecule has 0 radical (unpaired) electrons. The summed E-state index contributed by atoms with van der Waals surface area (Å²) in [7, 11) is 0. The molecule has 1 aromatic heterocycles. The van der Waals surface area contributed by atoms with Gasteiger partial charge < -0.3 is 4.52 Å². The van der Waals surface area contributed by atoms with Crippen LogP contribution < -0.4 is 0 Å². The molecule has 1 heterocycles. The van der Waals surface area contributed by atoms with E-state index in [1.807, 2.05) is 36.4 Å². The van der Waals surface area contributed by atoms with Crippen LogP contribution in [0.3, 0.4) is 0 Å². The second-order valence-corrected chi connectivity index (χ2v) is 5.29. The van der Waals surface area contributed by atoms with Gasteiger partial charge in [-0.2, -0.15) is 4.98 Å². The van der Waals surface area contributed by atoms with E-state index in [0.29, 0.717) is 16.7 Å². The van der Waals surface area contributed by atoms with Gasteiger partial charge in [-0.05, 0) is 42.5 Å². The van der Waals surface area contributed by atoms with Crippen molar-refractivity contribution in [1.29, 1.82) is 0 Å². The molecule has 2 aromatic carbocycles. The highest BCUT2D eigenvalue weighted by Crippen LogP contribution is 2.25. The molecule has 0 aliphatic rings. The van der Waals surface area contributed by atoms with Crippen LogP contribution in [-0.4, -0.2) is 10.1 Å². The van der Waals surface area contributed by atoms with Gasteiger partial charge in [0.2, 0.25) is 5.82 Å². The second kappa shape index (κ2) is 5.15. The molecule has 0 spiro atoms. The minimum atomic E-state index is 0.492. The van der Waals surface area contributed by atoms with Crippen LogP contribution in [0.15, 0.2) is 57.5 Å². The van der Waals surface area contributed by atoms with E-state index >= 15 is 0 Å². The predicted octanol–water partition coefficient (Wildman–Crippen LogP) is 4.82. The van der Waals surface area contributed by atoms with Crippen molar-refractivity contribution in [2.45, 2.75) is 0 Å². The smallest absolute Gasteiger partial charge is 0.258 e. The number of aromatic nitrogens is 2. The number of rotatable bonds is 2. The van der Waals surface area contributed by atoms with Gasteiger partial charge in [0, 0.05) is 20.6 Å². The van der Waals surface area contributed by atoms with Crippen LogP contribution in [0.5, 0.6) is 0 Å². The Bertz CT molecular complexity index is 709. The fourth-order valence-electron chi connectivity index (χ4n) is 1.68. The first kappa shape index (κ1) is 12.4. The molecule has 0 aliphatic carbocycles. The monoisotopic (exact) mass is 334 g/mol. The third-order valence-corrected chi connectivity index (χ3v) is 3.35. The third kappa shape index (κ3) is 2.69. The molecule has 0 saturated heterocycles. The van der Waals surface area contributed by atoms with Gasteiger partial charge in [0.15, 0.2) is 0 Å². The zero-order chi connectivity index (χ0) is 13.2. The molecule has 5 heteroatoms. The summed E-state index contributed by atoms with van der Waals surface area (Å²) in [6, 6.07) is 15.0. The lowest BCUT2D eigenvalue weighted by atomic mass is 10.2. The average Bonchev–Trinajstić information content (AvgIpc) is 2.89. The summed E-state index contributed by atoms with van der Waals surface area (Å²) in [6.45, 7) is 0. The maximum Gasteiger partial charge on any atom is 0.258 e. The molecule has 3 aromatic rings. The quantitative estimate of drug-likeness (QED) is 0.674. The zero-order valence-corrected chi connectivity index (χ0v) is 12.0. The van der Waals surface area contributed by atoms with Gasteiger partial charge in [0.25, 0.3) is 5.89 Å².